The molecule has 0 aromatic heterocycles. The molecule has 0 radical (unpaired) electrons. The van der Waals surface area contributed by atoms with Gasteiger partial charge in [0, 0.05) is 45.2 Å². The first-order chi connectivity index (χ1) is 10.9. The van der Waals surface area contributed by atoms with Crippen LogP contribution in [0.25, 0.3) is 0 Å². The van der Waals surface area contributed by atoms with Crippen molar-refractivity contribution in [2.45, 2.75) is 31.8 Å². The lowest BCUT2D eigenvalue weighted by Crippen LogP contribution is -2.52. The Kier molecular flexibility index (Phi) is 4.33. The number of rotatable bonds is 3. The molecule has 4 nitrogen and oxygen atoms in total. The quantitative estimate of drug-likeness (QED) is 0.915. The van der Waals surface area contributed by atoms with E-state index < -0.39 is 0 Å². The molecule has 4 rings (SSSR count). The van der Waals surface area contributed by atoms with E-state index in [1.165, 1.54) is 63.2 Å². The van der Waals surface area contributed by atoms with Crippen LogP contribution in [0.1, 0.15) is 24.0 Å². The topological polar surface area (TPSA) is 27.7 Å². The van der Waals surface area contributed by atoms with E-state index in [9.17, 15) is 0 Å². The van der Waals surface area contributed by atoms with E-state index in [-0.39, 0.29) is 0 Å². The predicted molar refractivity (Wildman–Crippen MR) is 88.4 cm³/mol. The van der Waals surface area contributed by atoms with Crippen molar-refractivity contribution >= 4 is 0 Å². The zero-order chi connectivity index (χ0) is 14.8. The molecule has 2 fully saturated rings. The van der Waals surface area contributed by atoms with Gasteiger partial charge in [-0.3, -0.25) is 9.80 Å². The summed E-state index contributed by atoms with van der Waals surface area (Å²) in [6, 6.07) is 7.61. The Morgan fingerprint density at radius 3 is 2.73 bits per heavy atom. The standard InChI is InChI=1S/C18H27N3O/c1-2-16-5-12-22-18(16)13-15(1)14-20-8-10-21(11-9-20)17-3-6-19-7-4-17/h1-2,13,17,19H,3-12,14H2. The van der Waals surface area contributed by atoms with Crippen molar-refractivity contribution in [3.63, 3.8) is 0 Å². The smallest absolute Gasteiger partial charge is 0.122 e. The largest absolute Gasteiger partial charge is 0.493 e. The zero-order valence-corrected chi connectivity index (χ0v) is 13.4. The number of fused-ring (bicyclic) bond motifs is 1. The van der Waals surface area contributed by atoms with Gasteiger partial charge in [-0.2, -0.15) is 0 Å². The Morgan fingerprint density at radius 2 is 1.91 bits per heavy atom. The van der Waals surface area contributed by atoms with E-state index in [1.54, 1.807) is 0 Å². The molecule has 1 aromatic rings. The molecule has 0 unspecified atom stereocenters. The van der Waals surface area contributed by atoms with Crippen LogP contribution in [0.4, 0.5) is 0 Å². The molecule has 0 bridgehead atoms. The van der Waals surface area contributed by atoms with Gasteiger partial charge < -0.3 is 10.1 Å². The Labute approximate surface area is 133 Å². The van der Waals surface area contributed by atoms with Gasteiger partial charge in [-0.15, -0.1) is 0 Å². The summed E-state index contributed by atoms with van der Waals surface area (Å²) in [6.45, 7) is 9.16. The van der Waals surface area contributed by atoms with Gasteiger partial charge in [0.15, 0.2) is 0 Å². The molecule has 120 valence electrons. The van der Waals surface area contributed by atoms with Crippen molar-refractivity contribution in [3.8, 4) is 5.75 Å². The highest BCUT2D eigenvalue weighted by molar-refractivity contribution is 5.40. The van der Waals surface area contributed by atoms with Crippen LogP contribution in [-0.2, 0) is 13.0 Å². The Morgan fingerprint density at radius 1 is 1.09 bits per heavy atom. The highest BCUT2D eigenvalue weighted by Gasteiger charge is 2.25. The molecule has 22 heavy (non-hydrogen) atoms. The lowest BCUT2D eigenvalue weighted by molar-refractivity contribution is 0.0784. The van der Waals surface area contributed by atoms with Crippen LogP contribution in [-0.4, -0.2) is 61.7 Å². The maximum atomic E-state index is 5.69. The third kappa shape index (κ3) is 3.14. The molecular formula is C18H27N3O. The summed E-state index contributed by atoms with van der Waals surface area (Å²) < 4.78 is 5.69. The molecule has 0 aliphatic carbocycles. The van der Waals surface area contributed by atoms with Gasteiger partial charge in [-0.25, -0.2) is 0 Å². The van der Waals surface area contributed by atoms with Crippen LogP contribution in [0.3, 0.4) is 0 Å². The molecular weight excluding hydrogens is 274 g/mol. The number of benzene rings is 1. The summed E-state index contributed by atoms with van der Waals surface area (Å²) in [7, 11) is 0. The summed E-state index contributed by atoms with van der Waals surface area (Å²) in [5, 5.41) is 3.47. The highest BCUT2D eigenvalue weighted by atomic mass is 16.5. The predicted octanol–water partition coefficient (Wildman–Crippen LogP) is 1.49. The van der Waals surface area contributed by atoms with E-state index in [1.807, 2.05) is 0 Å². The fourth-order valence-electron chi connectivity index (χ4n) is 4.03. The minimum Gasteiger partial charge on any atom is -0.493 e. The van der Waals surface area contributed by atoms with E-state index >= 15 is 0 Å². The van der Waals surface area contributed by atoms with Crippen molar-refractivity contribution in [1.29, 1.82) is 0 Å². The number of hydrogen-bond acceptors (Lipinski definition) is 4. The van der Waals surface area contributed by atoms with Gasteiger partial charge in [0.2, 0.25) is 0 Å². The summed E-state index contributed by atoms with van der Waals surface area (Å²) in [5.74, 6) is 1.12. The third-order valence-corrected chi connectivity index (χ3v) is 5.40. The van der Waals surface area contributed by atoms with Crippen molar-refractivity contribution in [1.82, 2.24) is 15.1 Å². The normalized spacial score (nSPS) is 24.2. The van der Waals surface area contributed by atoms with Crippen molar-refractivity contribution in [3.05, 3.63) is 29.3 Å². The third-order valence-electron chi connectivity index (χ3n) is 5.40. The Hall–Kier alpha value is -1.10. The van der Waals surface area contributed by atoms with Gasteiger partial charge in [-0.1, -0.05) is 12.1 Å². The van der Waals surface area contributed by atoms with E-state index in [4.69, 9.17) is 4.74 Å². The summed E-state index contributed by atoms with van der Waals surface area (Å²) in [4.78, 5) is 5.30. The minimum atomic E-state index is 0.816. The molecule has 0 saturated carbocycles. The summed E-state index contributed by atoms with van der Waals surface area (Å²) in [6.07, 6.45) is 3.72. The fraction of sp³-hybridized carbons (Fsp3) is 0.667. The number of piperidine rings is 1. The molecule has 4 heteroatoms. The first kappa shape index (κ1) is 14.5. The van der Waals surface area contributed by atoms with Crippen LogP contribution in [0, 0.1) is 0 Å². The maximum absolute atomic E-state index is 5.69. The second kappa shape index (κ2) is 6.57. The fourth-order valence-corrected chi connectivity index (χ4v) is 4.03. The first-order valence-corrected chi connectivity index (χ1v) is 8.80. The number of ether oxygens (including phenoxy) is 1. The van der Waals surface area contributed by atoms with Gasteiger partial charge in [0.05, 0.1) is 6.61 Å². The number of nitrogens with one attached hydrogen (secondary N) is 1. The maximum Gasteiger partial charge on any atom is 0.122 e. The van der Waals surface area contributed by atoms with Crippen LogP contribution < -0.4 is 10.1 Å². The second-order valence-corrected chi connectivity index (χ2v) is 6.83. The molecule has 3 aliphatic heterocycles. The van der Waals surface area contributed by atoms with E-state index in [0.717, 1.165) is 31.4 Å². The average Bonchev–Trinajstić information content (AvgIpc) is 3.04. The minimum absolute atomic E-state index is 0.816. The monoisotopic (exact) mass is 301 g/mol. The first-order valence-electron chi connectivity index (χ1n) is 8.80. The average molecular weight is 301 g/mol. The Balaban J connectivity index is 1.30. The van der Waals surface area contributed by atoms with Crippen LogP contribution >= 0.6 is 0 Å². The van der Waals surface area contributed by atoms with Gasteiger partial charge in [-0.05, 0) is 43.1 Å². The summed E-state index contributed by atoms with van der Waals surface area (Å²) in [5.41, 5.74) is 2.77. The number of nitrogens with zero attached hydrogens (tertiary/aromatic N) is 2. The Bertz CT molecular complexity index is 505. The van der Waals surface area contributed by atoms with Crippen LogP contribution in [0.2, 0.25) is 0 Å². The van der Waals surface area contributed by atoms with E-state index in [0.29, 0.717) is 0 Å². The summed E-state index contributed by atoms with van der Waals surface area (Å²) >= 11 is 0. The molecule has 0 atom stereocenters. The lowest BCUT2D eigenvalue weighted by Gasteiger charge is -2.40. The van der Waals surface area contributed by atoms with E-state index in [2.05, 4.69) is 33.3 Å². The molecule has 2 saturated heterocycles. The lowest BCUT2D eigenvalue weighted by atomic mass is 10.0. The number of piperazine rings is 1. The SMILES string of the molecule is c1cc2c(cc1CN1CCN(C3CCNCC3)CC1)OCC2. The van der Waals surface area contributed by atoms with Crippen molar-refractivity contribution in [2.75, 3.05) is 45.9 Å². The van der Waals surface area contributed by atoms with Gasteiger partial charge in [0.1, 0.15) is 5.75 Å². The number of hydrogen-bond donors (Lipinski definition) is 1. The zero-order valence-electron chi connectivity index (χ0n) is 13.4. The van der Waals surface area contributed by atoms with Gasteiger partial charge in [0.25, 0.3) is 0 Å². The van der Waals surface area contributed by atoms with Gasteiger partial charge >= 0.3 is 0 Å². The molecule has 1 aromatic carbocycles. The molecule has 3 aliphatic rings. The molecule has 0 amide bonds. The van der Waals surface area contributed by atoms with Crippen LogP contribution in [0.5, 0.6) is 5.75 Å². The molecule has 3 heterocycles. The van der Waals surface area contributed by atoms with Crippen molar-refractivity contribution < 1.29 is 4.74 Å². The van der Waals surface area contributed by atoms with Crippen LogP contribution in [0.15, 0.2) is 18.2 Å². The molecule has 1 N–H and O–H groups in total. The second-order valence-electron chi connectivity index (χ2n) is 6.83. The highest BCUT2D eigenvalue weighted by Crippen LogP contribution is 2.27. The molecule has 0 spiro atoms. The van der Waals surface area contributed by atoms with Crippen molar-refractivity contribution in [2.24, 2.45) is 0 Å².